The summed E-state index contributed by atoms with van der Waals surface area (Å²) in [6.07, 6.45) is -0.00648. The number of ether oxygens (including phenoxy) is 1. The van der Waals surface area contributed by atoms with Crippen LogP contribution in [0.3, 0.4) is 0 Å². The van der Waals surface area contributed by atoms with E-state index in [1.807, 2.05) is 7.05 Å². The average Bonchev–Trinajstić information content (AvgIpc) is 2.25. The van der Waals surface area contributed by atoms with Crippen LogP contribution in [0.2, 0.25) is 0 Å². The first-order valence-corrected chi connectivity index (χ1v) is 5.65. The van der Waals surface area contributed by atoms with Crippen LogP contribution in [0.15, 0.2) is 24.3 Å². The molecule has 0 aromatic heterocycles. The monoisotopic (exact) mass is 225 g/mol. The molecule has 1 aromatic carbocycles. The van der Waals surface area contributed by atoms with Crippen LogP contribution in [0, 0.1) is 11.7 Å². The zero-order valence-corrected chi connectivity index (χ0v) is 10.2. The zero-order valence-electron chi connectivity index (χ0n) is 10.2. The van der Waals surface area contributed by atoms with Crippen molar-refractivity contribution in [2.24, 2.45) is 5.92 Å². The molecular formula is C13H20FNO. The van der Waals surface area contributed by atoms with Crippen molar-refractivity contribution in [3.05, 3.63) is 35.6 Å². The highest BCUT2D eigenvalue weighted by Crippen LogP contribution is 2.18. The molecule has 0 bridgehead atoms. The Morgan fingerprint density at radius 3 is 2.38 bits per heavy atom. The lowest BCUT2D eigenvalue weighted by Crippen LogP contribution is -2.21. The van der Waals surface area contributed by atoms with Crippen molar-refractivity contribution < 1.29 is 9.13 Å². The lowest BCUT2D eigenvalue weighted by Gasteiger charge is -2.19. The van der Waals surface area contributed by atoms with Gasteiger partial charge in [-0.25, -0.2) is 4.39 Å². The largest absolute Gasteiger partial charge is 0.372 e. The Hall–Kier alpha value is -0.930. The van der Waals surface area contributed by atoms with E-state index >= 15 is 0 Å². The number of nitrogens with one attached hydrogen (secondary N) is 1. The first-order chi connectivity index (χ1) is 7.63. The molecule has 1 rings (SSSR count). The van der Waals surface area contributed by atoms with Crippen molar-refractivity contribution in [1.29, 1.82) is 0 Å². The maximum atomic E-state index is 12.8. The number of benzene rings is 1. The van der Waals surface area contributed by atoms with Gasteiger partial charge in [0.15, 0.2) is 0 Å². The van der Waals surface area contributed by atoms with Crippen molar-refractivity contribution in [3.8, 4) is 0 Å². The van der Waals surface area contributed by atoms with E-state index in [4.69, 9.17) is 4.74 Å². The number of hydrogen-bond acceptors (Lipinski definition) is 2. The van der Waals surface area contributed by atoms with Gasteiger partial charge in [0.25, 0.3) is 0 Å². The van der Waals surface area contributed by atoms with Gasteiger partial charge in [-0.2, -0.15) is 0 Å². The first kappa shape index (κ1) is 13.1. The van der Waals surface area contributed by atoms with Gasteiger partial charge in [-0.3, -0.25) is 0 Å². The topological polar surface area (TPSA) is 21.3 Å². The number of likely N-dealkylation sites (N-methyl/N-ethyl adjacent to an activating group) is 1. The molecular weight excluding hydrogens is 205 g/mol. The summed E-state index contributed by atoms with van der Waals surface area (Å²) in [4.78, 5) is 0. The fraction of sp³-hybridized carbons (Fsp3) is 0.538. The Bertz CT molecular complexity index is 297. The Morgan fingerprint density at radius 2 is 1.88 bits per heavy atom. The summed E-state index contributed by atoms with van der Waals surface area (Å²) in [5.41, 5.74) is 1.01. The van der Waals surface area contributed by atoms with E-state index in [1.54, 1.807) is 12.1 Å². The van der Waals surface area contributed by atoms with Crippen molar-refractivity contribution in [2.75, 3.05) is 20.2 Å². The van der Waals surface area contributed by atoms with Gasteiger partial charge in [-0.15, -0.1) is 0 Å². The van der Waals surface area contributed by atoms with E-state index < -0.39 is 0 Å². The highest BCUT2D eigenvalue weighted by Gasteiger charge is 2.11. The van der Waals surface area contributed by atoms with E-state index in [-0.39, 0.29) is 11.9 Å². The number of rotatable bonds is 6. The van der Waals surface area contributed by atoms with Gasteiger partial charge in [-0.05, 0) is 30.7 Å². The van der Waals surface area contributed by atoms with E-state index in [2.05, 4.69) is 19.2 Å². The smallest absolute Gasteiger partial charge is 0.123 e. The average molecular weight is 225 g/mol. The van der Waals surface area contributed by atoms with Crippen LogP contribution >= 0.6 is 0 Å². The van der Waals surface area contributed by atoms with Gasteiger partial charge >= 0.3 is 0 Å². The number of hydrogen-bond donors (Lipinski definition) is 1. The van der Waals surface area contributed by atoms with Gasteiger partial charge in [0.2, 0.25) is 0 Å². The molecule has 0 saturated carbocycles. The lowest BCUT2D eigenvalue weighted by atomic mass is 10.1. The van der Waals surface area contributed by atoms with Crippen LogP contribution in [-0.2, 0) is 4.74 Å². The third kappa shape index (κ3) is 4.29. The SMILES string of the molecule is CNCC(OCC(C)C)c1ccc(F)cc1. The van der Waals surface area contributed by atoms with Gasteiger partial charge in [0.1, 0.15) is 5.82 Å². The van der Waals surface area contributed by atoms with Crippen LogP contribution in [0.4, 0.5) is 4.39 Å². The predicted molar refractivity (Wildman–Crippen MR) is 63.9 cm³/mol. The molecule has 0 saturated heterocycles. The normalized spacial score (nSPS) is 13.1. The fourth-order valence-corrected chi connectivity index (χ4v) is 1.44. The molecule has 2 nitrogen and oxygen atoms in total. The summed E-state index contributed by atoms with van der Waals surface area (Å²) < 4.78 is 18.6. The van der Waals surface area contributed by atoms with Crippen LogP contribution < -0.4 is 5.32 Å². The van der Waals surface area contributed by atoms with Crippen LogP contribution in [0.25, 0.3) is 0 Å². The van der Waals surface area contributed by atoms with Crippen LogP contribution in [0.1, 0.15) is 25.5 Å². The molecule has 3 heteroatoms. The second-order valence-corrected chi connectivity index (χ2v) is 4.33. The maximum Gasteiger partial charge on any atom is 0.123 e. The number of halogens is 1. The molecule has 1 unspecified atom stereocenters. The molecule has 0 aliphatic carbocycles. The Morgan fingerprint density at radius 1 is 1.25 bits per heavy atom. The fourth-order valence-electron chi connectivity index (χ4n) is 1.44. The van der Waals surface area contributed by atoms with Gasteiger partial charge < -0.3 is 10.1 Å². The molecule has 16 heavy (non-hydrogen) atoms. The van der Waals surface area contributed by atoms with Crippen LogP contribution in [0.5, 0.6) is 0 Å². The quantitative estimate of drug-likeness (QED) is 0.803. The van der Waals surface area contributed by atoms with Gasteiger partial charge in [0.05, 0.1) is 6.10 Å². The summed E-state index contributed by atoms with van der Waals surface area (Å²) in [6.45, 7) is 5.67. The van der Waals surface area contributed by atoms with Crippen molar-refractivity contribution in [1.82, 2.24) is 5.32 Å². The van der Waals surface area contributed by atoms with E-state index in [0.29, 0.717) is 12.5 Å². The molecule has 0 radical (unpaired) electrons. The molecule has 90 valence electrons. The molecule has 0 aliphatic rings. The summed E-state index contributed by atoms with van der Waals surface area (Å²) in [5.74, 6) is 0.288. The van der Waals surface area contributed by atoms with E-state index in [9.17, 15) is 4.39 Å². The molecule has 0 heterocycles. The Labute approximate surface area is 96.8 Å². The highest BCUT2D eigenvalue weighted by atomic mass is 19.1. The summed E-state index contributed by atoms with van der Waals surface area (Å²) in [6, 6.07) is 6.49. The standard InChI is InChI=1S/C13H20FNO/c1-10(2)9-16-13(8-15-3)11-4-6-12(14)7-5-11/h4-7,10,13,15H,8-9H2,1-3H3. The minimum Gasteiger partial charge on any atom is -0.372 e. The first-order valence-electron chi connectivity index (χ1n) is 5.65. The third-order valence-corrected chi connectivity index (χ3v) is 2.26. The summed E-state index contributed by atoms with van der Waals surface area (Å²) in [7, 11) is 1.88. The third-order valence-electron chi connectivity index (χ3n) is 2.26. The Kier molecular flexibility index (Phi) is 5.43. The molecule has 1 atom stereocenters. The summed E-state index contributed by atoms with van der Waals surface area (Å²) in [5, 5.41) is 3.09. The molecule has 1 aromatic rings. The molecule has 0 spiro atoms. The maximum absolute atomic E-state index is 12.8. The highest BCUT2D eigenvalue weighted by molar-refractivity contribution is 5.19. The molecule has 0 amide bonds. The summed E-state index contributed by atoms with van der Waals surface area (Å²) >= 11 is 0. The van der Waals surface area contributed by atoms with Crippen molar-refractivity contribution >= 4 is 0 Å². The second-order valence-electron chi connectivity index (χ2n) is 4.33. The minimum atomic E-state index is -0.212. The van der Waals surface area contributed by atoms with Gasteiger partial charge in [0, 0.05) is 13.2 Å². The van der Waals surface area contributed by atoms with Crippen molar-refractivity contribution in [2.45, 2.75) is 20.0 Å². The Balaban J connectivity index is 2.64. The van der Waals surface area contributed by atoms with Crippen LogP contribution in [-0.4, -0.2) is 20.2 Å². The zero-order chi connectivity index (χ0) is 12.0. The van der Waals surface area contributed by atoms with Gasteiger partial charge in [-0.1, -0.05) is 26.0 Å². The molecule has 0 fully saturated rings. The lowest BCUT2D eigenvalue weighted by molar-refractivity contribution is 0.0363. The van der Waals surface area contributed by atoms with E-state index in [0.717, 1.165) is 12.1 Å². The predicted octanol–water partition coefficient (Wildman–Crippen LogP) is 2.76. The molecule has 0 aliphatic heterocycles. The molecule has 1 N–H and O–H groups in total. The van der Waals surface area contributed by atoms with E-state index in [1.165, 1.54) is 12.1 Å². The van der Waals surface area contributed by atoms with Crippen molar-refractivity contribution in [3.63, 3.8) is 0 Å². The second kappa shape index (κ2) is 6.61. The minimum absolute atomic E-state index is 0.00648.